The minimum Gasteiger partial charge on any atom is -0.265 e. The van der Waals surface area contributed by atoms with E-state index in [9.17, 15) is 45.0 Å². The van der Waals surface area contributed by atoms with E-state index in [1.54, 1.807) is 13.0 Å². The third-order valence-electron chi connectivity index (χ3n) is 7.72. The van der Waals surface area contributed by atoms with Gasteiger partial charge >= 0.3 is 7.49 Å². The van der Waals surface area contributed by atoms with E-state index in [4.69, 9.17) is 0 Å². The van der Waals surface area contributed by atoms with Gasteiger partial charge in [0.05, 0.1) is 5.92 Å². The quantitative estimate of drug-likeness (QED) is 0.0618. The predicted octanol–water partition coefficient (Wildman–Crippen LogP) is 9.58. The molecule has 0 saturated heterocycles. The minimum absolute atomic E-state index is 0.0622. The normalized spacial score (nSPS) is 14.8. The summed E-state index contributed by atoms with van der Waals surface area (Å²) in [5.74, 6) is 0.168. The largest absolute Gasteiger partial charge is 0.382 e. The molecule has 46 heavy (non-hydrogen) atoms. The molecule has 0 rings (SSSR count). The minimum atomic E-state index is -1.52. The Labute approximate surface area is 278 Å². The molecule has 0 aromatic heterocycles. The summed E-state index contributed by atoms with van der Waals surface area (Å²) in [5, 5.41) is 41.5. The maximum atomic E-state index is 11.2. The fourth-order valence-electron chi connectivity index (χ4n) is 4.19. The topological polar surface area (TPSA) is 190 Å². The van der Waals surface area contributed by atoms with Crippen molar-refractivity contribution in [2.24, 2.45) is 23.7 Å². The maximum absolute atomic E-state index is 11.2. The second-order valence-electron chi connectivity index (χ2n) is 10.6. The van der Waals surface area contributed by atoms with Crippen LogP contribution in [0.3, 0.4) is 0 Å². The van der Waals surface area contributed by atoms with Gasteiger partial charge in [-0.1, -0.05) is 67.2 Å². The zero-order valence-electron chi connectivity index (χ0n) is 29.8. The molecule has 0 saturated carbocycles. The van der Waals surface area contributed by atoms with Crippen LogP contribution in [0.5, 0.6) is 0 Å². The number of nitrogens with zero attached hydrogens (tertiary/aromatic N) is 4. The second-order valence-corrected chi connectivity index (χ2v) is 13.2. The Bertz CT molecular complexity index is 970. The van der Waals surface area contributed by atoms with Gasteiger partial charge in [-0.2, -0.15) is 0 Å². The van der Waals surface area contributed by atoms with Crippen LogP contribution in [0.15, 0.2) is 46.3 Å². The monoisotopic (exact) mass is 693 g/mol. The number of hydrogen-bond acceptors (Lipinski definition) is 9. The Balaban J connectivity index is -0.000000256. The lowest BCUT2D eigenvalue weighted by molar-refractivity contribution is -0.486. The molecule has 0 N–H and O–H groups in total. The summed E-state index contributed by atoms with van der Waals surface area (Å²) < 4.78 is 11.2. The van der Waals surface area contributed by atoms with E-state index in [1.165, 1.54) is 0 Å². The smallest absolute Gasteiger partial charge is 0.265 e. The highest BCUT2D eigenvalue weighted by Gasteiger charge is 2.29. The van der Waals surface area contributed by atoms with E-state index < -0.39 is 7.49 Å². The molecular formula is C31H59N4O9P2+. The predicted molar refractivity (Wildman–Crippen MR) is 192 cm³/mol. The van der Waals surface area contributed by atoms with E-state index in [-0.39, 0.29) is 69.5 Å². The lowest BCUT2D eigenvalue weighted by Crippen LogP contribution is -2.14. The van der Waals surface area contributed by atoms with Crippen molar-refractivity contribution < 1.29 is 24.3 Å². The lowest BCUT2D eigenvalue weighted by Gasteiger charge is -2.09. The first-order chi connectivity index (χ1) is 21.4. The first-order valence-electron chi connectivity index (χ1n) is 15.6. The van der Waals surface area contributed by atoms with Crippen LogP contribution in [0.25, 0.3) is 0 Å². The van der Waals surface area contributed by atoms with Crippen LogP contribution < -0.4 is 0 Å². The van der Waals surface area contributed by atoms with Gasteiger partial charge in [0, 0.05) is 37.4 Å². The summed E-state index contributed by atoms with van der Waals surface area (Å²) in [4.78, 5) is 39.7. The third-order valence-corrected chi connectivity index (χ3v) is 9.74. The highest BCUT2D eigenvalue weighted by molar-refractivity contribution is 8.08. The van der Waals surface area contributed by atoms with Crippen molar-refractivity contribution in [2.75, 3.05) is 26.2 Å². The van der Waals surface area contributed by atoms with Gasteiger partial charge in [-0.25, -0.2) is 0 Å². The molecule has 0 aromatic carbocycles. The molecule has 15 heteroatoms. The number of rotatable bonds is 17. The molecule has 6 atom stereocenters. The van der Waals surface area contributed by atoms with Crippen LogP contribution in [-0.2, 0) is 4.57 Å². The molecule has 0 amide bonds. The molecule has 0 bridgehead atoms. The van der Waals surface area contributed by atoms with Gasteiger partial charge in [-0.05, 0) is 80.2 Å². The SMILES string of the molecule is CC=C(C)[C@@H](CC)C[N+](=O)[O-].CC=C(C)[C@@H](CC)C[N+](=O)[O-].CC=C(C)[C@H](CC)C[N+](=O)[O-].CC=C([C@H](CC)C[N+](=O)[O-])[P+](=O)P. The Morgan fingerprint density at radius 1 is 0.543 bits per heavy atom. The number of hydrogen-bond donors (Lipinski definition) is 0. The molecular weight excluding hydrogens is 634 g/mol. The Hall–Kier alpha value is -2.91. The number of allylic oxidation sites excluding steroid dienone is 4. The van der Waals surface area contributed by atoms with E-state index in [0.717, 1.165) is 36.0 Å². The average molecular weight is 694 g/mol. The standard InChI is InChI=1S/3C8H15NO2.C7H14NO3P2/c3*1-4-7(3)8(5-2)6-9(10)11;1-3-6(5-8(9)10)7(4-2)13(11)12/h3*4,8H,5-6H2,1-3H3;4,6H,3,5,12H2,1-2H3/q;;;+1/t3*8-;6-/m1001/s1. The van der Waals surface area contributed by atoms with Crippen molar-refractivity contribution in [1.82, 2.24) is 0 Å². The molecule has 0 aromatic rings. The Kier molecular flexibility index (Phi) is 33.4. The maximum Gasteiger partial charge on any atom is 0.382 e. The second kappa shape index (κ2) is 30.7. The van der Waals surface area contributed by atoms with E-state index in [2.05, 4.69) is 8.93 Å². The van der Waals surface area contributed by atoms with Crippen LogP contribution in [-0.4, -0.2) is 45.9 Å². The summed E-state index contributed by atoms with van der Waals surface area (Å²) in [6.45, 7) is 21.2. The molecule has 0 aliphatic heterocycles. The zero-order chi connectivity index (χ0) is 37.0. The van der Waals surface area contributed by atoms with Gasteiger partial charge in [0.1, 0.15) is 8.93 Å². The van der Waals surface area contributed by atoms with Gasteiger partial charge in [-0.15, -0.1) is 0 Å². The van der Waals surface area contributed by atoms with Crippen LogP contribution in [0, 0.1) is 64.1 Å². The van der Waals surface area contributed by atoms with Gasteiger partial charge in [-0.3, -0.25) is 40.5 Å². The average Bonchev–Trinajstić information content (AvgIpc) is 3.00. The highest BCUT2D eigenvalue weighted by Crippen LogP contribution is 2.45. The zero-order valence-corrected chi connectivity index (χ0v) is 31.8. The van der Waals surface area contributed by atoms with Crippen LogP contribution in [0.1, 0.15) is 102 Å². The van der Waals surface area contributed by atoms with Crippen molar-refractivity contribution in [1.29, 1.82) is 0 Å². The summed E-state index contributed by atoms with van der Waals surface area (Å²) >= 11 is 0. The first-order valence-corrected chi connectivity index (χ1v) is 18.5. The fourth-order valence-corrected chi connectivity index (χ4v) is 6.15. The molecule has 266 valence electrons. The first kappa shape index (κ1) is 50.0. The molecule has 0 spiro atoms. The Morgan fingerprint density at radius 2 is 0.761 bits per heavy atom. The third kappa shape index (κ3) is 27.4. The van der Waals surface area contributed by atoms with Crippen molar-refractivity contribution in [3.05, 3.63) is 86.8 Å². The summed E-state index contributed by atoms with van der Waals surface area (Å²) in [6.07, 6.45) is 10.7. The molecule has 0 heterocycles. The van der Waals surface area contributed by atoms with Crippen molar-refractivity contribution in [3.63, 3.8) is 0 Å². The van der Waals surface area contributed by atoms with Gasteiger partial charge in [0.25, 0.3) is 0 Å². The van der Waals surface area contributed by atoms with E-state index in [0.29, 0.717) is 11.7 Å². The molecule has 0 radical (unpaired) electrons. The van der Waals surface area contributed by atoms with Gasteiger partial charge in [0.2, 0.25) is 26.2 Å². The Morgan fingerprint density at radius 3 is 0.891 bits per heavy atom. The van der Waals surface area contributed by atoms with Crippen molar-refractivity contribution >= 4 is 16.4 Å². The lowest BCUT2D eigenvalue weighted by atomic mass is 9.98. The summed E-state index contributed by atoms with van der Waals surface area (Å²) in [7, 11) is 0.679. The van der Waals surface area contributed by atoms with Gasteiger partial charge in [0.15, 0.2) is 5.31 Å². The molecule has 0 fully saturated rings. The van der Waals surface area contributed by atoms with Crippen LogP contribution in [0.2, 0.25) is 0 Å². The van der Waals surface area contributed by atoms with E-state index >= 15 is 0 Å². The summed E-state index contributed by atoms with van der Waals surface area (Å²) in [5.41, 5.74) is 3.35. The molecule has 0 aliphatic rings. The van der Waals surface area contributed by atoms with Crippen LogP contribution >= 0.6 is 16.4 Å². The van der Waals surface area contributed by atoms with Crippen molar-refractivity contribution in [3.8, 4) is 0 Å². The number of nitro groups is 4. The van der Waals surface area contributed by atoms with E-state index in [1.807, 2.05) is 87.5 Å². The van der Waals surface area contributed by atoms with Crippen LogP contribution in [0.4, 0.5) is 0 Å². The fraction of sp³-hybridized carbons (Fsp3) is 0.742. The molecule has 2 unspecified atom stereocenters. The molecule has 0 aliphatic carbocycles. The molecule has 13 nitrogen and oxygen atoms in total. The summed E-state index contributed by atoms with van der Waals surface area (Å²) in [6, 6.07) is 0. The van der Waals surface area contributed by atoms with Crippen molar-refractivity contribution in [2.45, 2.75) is 102 Å². The van der Waals surface area contributed by atoms with Gasteiger partial charge < -0.3 is 0 Å². The highest BCUT2D eigenvalue weighted by atomic mass is 32.0.